The minimum atomic E-state index is -0.352. The van der Waals surface area contributed by atoms with Crippen molar-refractivity contribution in [2.75, 3.05) is 33.2 Å². The molecule has 1 amide bonds. The number of rotatable bonds is 3. The summed E-state index contributed by atoms with van der Waals surface area (Å²) >= 11 is 0. The van der Waals surface area contributed by atoms with Gasteiger partial charge in [-0.1, -0.05) is 5.21 Å². The molecule has 1 aromatic rings. The lowest BCUT2D eigenvalue weighted by molar-refractivity contribution is 0.0244. The van der Waals surface area contributed by atoms with Gasteiger partial charge >= 0.3 is 0 Å². The van der Waals surface area contributed by atoms with E-state index in [4.69, 9.17) is 0 Å². The van der Waals surface area contributed by atoms with Crippen LogP contribution < -0.4 is 0 Å². The van der Waals surface area contributed by atoms with E-state index in [-0.39, 0.29) is 18.1 Å². The zero-order valence-electron chi connectivity index (χ0n) is 14.3. The second kappa shape index (κ2) is 6.44. The maximum Gasteiger partial charge on any atom is 0.276 e. The minimum Gasteiger partial charge on any atom is -0.391 e. The average Bonchev–Trinajstić information content (AvgIpc) is 3.23. The Morgan fingerprint density at radius 2 is 1.88 bits per heavy atom. The highest BCUT2D eigenvalue weighted by atomic mass is 16.3. The third-order valence-electron chi connectivity index (χ3n) is 6.21. The molecule has 132 valence electrons. The fourth-order valence-corrected chi connectivity index (χ4v) is 4.33. The van der Waals surface area contributed by atoms with Gasteiger partial charge in [0, 0.05) is 13.1 Å². The van der Waals surface area contributed by atoms with Crippen molar-refractivity contribution in [1.29, 1.82) is 0 Å². The van der Waals surface area contributed by atoms with Gasteiger partial charge in [0.15, 0.2) is 5.69 Å². The average molecular weight is 333 g/mol. The molecule has 1 aromatic heterocycles. The zero-order chi connectivity index (χ0) is 16.7. The molecule has 3 atom stereocenters. The summed E-state index contributed by atoms with van der Waals surface area (Å²) in [7, 11) is 2.18. The third kappa shape index (κ3) is 2.95. The van der Waals surface area contributed by atoms with Gasteiger partial charge in [0.2, 0.25) is 0 Å². The molecular weight excluding hydrogens is 306 g/mol. The van der Waals surface area contributed by atoms with Gasteiger partial charge in [-0.25, -0.2) is 4.68 Å². The molecule has 4 rings (SSSR count). The van der Waals surface area contributed by atoms with Crippen LogP contribution in [-0.4, -0.2) is 75.1 Å². The predicted octanol–water partition coefficient (Wildman–Crippen LogP) is 0.778. The molecular formula is C17H27N5O2. The van der Waals surface area contributed by atoms with Gasteiger partial charge in [-0.2, -0.15) is 0 Å². The van der Waals surface area contributed by atoms with Crippen molar-refractivity contribution in [1.82, 2.24) is 24.8 Å². The number of aromatic nitrogens is 3. The molecule has 7 nitrogen and oxygen atoms in total. The molecule has 0 aromatic carbocycles. The van der Waals surface area contributed by atoms with Crippen molar-refractivity contribution in [3.05, 3.63) is 11.9 Å². The van der Waals surface area contributed by atoms with Gasteiger partial charge < -0.3 is 14.9 Å². The summed E-state index contributed by atoms with van der Waals surface area (Å²) in [5.74, 6) is 1.37. The van der Waals surface area contributed by atoms with Crippen LogP contribution in [0.4, 0.5) is 0 Å². The number of amides is 1. The van der Waals surface area contributed by atoms with Crippen LogP contribution in [0.1, 0.15) is 48.6 Å². The van der Waals surface area contributed by atoms with Crippen LogP contribution in [0, 0.1) is 11.8 Å². The van der Waals surface area contributed by atoms with Gasteiger partial charge in [0.1, 0.15) is 0 Å². The third-order valence-corrected chi connectivity index (χ3v) is 6.21. The van der Waals surface area contributed by atoms with Crippen LogP contribution in [0.2, 0.25) is 0 Å². The summed E-state index contributed by atoms with van der Waals surface area (Å²) in [5, 5.41) is 17.8. The number of hydrogen-bond donors (Lipinski definition) is 1. The van der Waals surface area contributed by atoms with Gasteiger partial charge in [0.25, 0.3) is 5.91 Å². The number of aliphatic hydroxyl groups is 1. The smallest absolute Gasteiger partial charge is 0.276 e. The van der Waals surface area contributed by atoms with Crippen LogP contribution in [0.3, 0.4) is 0 Å². The van der Waals surface area contributed by atoms with Crippen LogP contribution in [0.15, 0.2) is 6.20 Å². The zero-order valence-corrected chi connectivity index (χ0v) is 14.3. The molecule has 0 spiro atoms. The second-order valence-corrected chi connectivity index (χ2v) is 7.74. The van der Waals surface area contributed by atoms with Crippen molar-refractivity contribution in [2.45, 2.75) is 44.2 Å². The Hall–Kier alpha value is -1.47. The first kappa shape index (κ1) is 16.0. The lowest BCUT2D eigenvalue weighted by atomic mass is 9.84. The molecule has 0 radical (unpaired) electrons. The maximum atomic E-state index is 12.7. The predicted molar refractivity (Wildman–Crippen MR) is 88.5 cm³/mol. The molecule has 0 bridgehead atoms. The molecule has 7 heteroatoms. The molecule has 2 saturated heterocycles. The summed E-state index contributed by atoms with van der Waals surface area (Å²) < 4.78 is 1.66. The van der Waals surface area contributed by atoms with Gasteiger partial charge in [-0.3, -0.25) is 4.79 Å². The Bertz CT molecular complexity index is 596. The van der Waals surface area contributed by atoms with E-state index in [1.807, 2.05) is 4.90 Å². The highest BCUT2D eigenvalue weighted by molar-refractivity contribution is 5.92. The summed E-state index contributed by atoms with van der Waals surface area (Å²) in [4.78, 5) is 17.0. The van der Waals surface area contributed by atoms with Crippen molar-refractivity contribution < 1.29 is 9.90 Å². The second-order valence-electron chi connectivity index (χ2n) is 7.74. The Labute approximate surface area is 142 Å². The molecule has 3 heterocycles. The first-order valence-corrected chi connectivity index (χ1v) is 9.19. The molecule has 1 N–H and O–H groups in total. The number of carbonyl (C=O) groups excluding carboxylic acids is 1. The Morgan fingerprint density at radius 3 is 2.54 bits per heavy atom. The number of nitrogens with zero attached hydrogens (tertiary/aromatic N) is 5. The van der Waals surface area contributed by atoms with Crippen molar-refractivity contribution in [3.63, 3.8) is 0 Å². The largest absolute Gasteiger partial charge is 0.391 e. The fourth-order valence-electron chi connectivity index (χ4n) is 4.33. The van der Waals surface area contributed by atoms with E-state index in [1.54, 1.807) is 10.9 Å². The Morgan fingerprint density at radius 1 is 1.12 bits per heavy atom. The van der Waals surface area contributed by atoms with E-state index in [0.717, 1.165) is 38.3 Å². The molecule has 1 aliphatic carbocycles. The van der Waals surface area contributed by atoms with Crippen LogP contribution in [0.5, 0.6) is 0 Å². The molecule has 1 unspecified atom stereocenters. The lowest BCUT2D eigenvalue weighted by Gasteiger charge is -2.32. The summed E-state index contributed by atoms with van der Waals surface area (Å²) in [6.45, 7) is 4.03. The van der Waals surface area contributed by atoms with E-state index in [2.05, 4.69) is 22.3 Å². The topological polar surface area (TPSA) is 74.5 Å². The Kier molecular flexibility index (Phi) is 4.30. The maximum absolute atomic E-state index is 12.7. The van der Waals surface area contributed by atoms with Gasteiger partial charge in [-0.05, 0) is 64.1 Å². The SMILES string of the molecule is CN1CCC(C2CCN(C(=O)c3cn([C@@H]4CC[C@H]4O)nn3)C2)CC1. The fraction of sp³-hybridized carbons (Fsp3) is 0.824. The quantitative estimate of drug-likeness (QED) is 0.885. The van der Waals surface area contributed by atoms with E-state index in [0.29, 0.717) is 11.6 Å². The first-order valence-electron chi connectivity index (χ1n) is 9.19. The van der Waals surface area contributed by atoms with Crippen molar-refractivity contribution in [3.8, 4) is 0 Å². The van der Waals surface area contributed by atoms with Crippen LogP contribution in [-0.2, 0) is 0 Å². The van der Waals surface area contributed by atoms with E-state index in [9.17, 15) is 9.90 Å². The van der Waals surface area contributed by atoms with Gasteiger partial charge in [0.05, 0.1) is 18.3 Å². The summed E-state index contributed by atoms with van der Waals surface area (Å²) in [6, 6.07) is -0.00963. The van der Waals surface area contributed by atoms with E-state index in [1.165, 1.54) is 25.9 Å². The number of likely N-dealkylation sites (tertiary alicyclic amines) is 2. The molecule has 3 aliphatic rings. The number of piperidine rings is 1. The summed E-state index contributed by atoms with van der Waals surface area (Å²) in [5.41, 5.74) is 0.415. The van der Waals surface area contributed by atoms with Crippen LogP contribution in [0.25, 0.3) is 0 Å². The highest BCUT2D eigenvalue weighted by Crippen LogP contribution is 2.33. The van der Waals surface area contributed by atoms with Gasteiger partial charge in [-0.15, -0.1) is 5.10 Å². The standard InChI is InChI=1S/C17H27N5O2/c1-20-7-4-12(5-8-20)13-6-9-21(10-13)17(24)14-11-22(19-18-14)15-2-3-16(15)23/h11-13,15-16,23H,2-10H2,1H3/t13?,15-,16-/m1/s1. The summed E-state index contributed by atoms with van der Waals surface area (Å²) in [6.07, 6.45) is 6.67. The number of carbonyl (C=O) groups is 1. The number of hydrogen-bond acceptors (Lipinski definition) is 5. The van der Waals surface area contributed by atoms with E-state index >= 15 is 0 Å². The van der Waals surface area contributed by atoms with Crippen LogP contribution >= 0.6 is 0 Å². The molecule has 2 aliphatic heterocycles. The first-order chi connectivity index (χ1) is 11.6. The molecule has 24 heavy (non-hydrogen) atoms. The van der Waals surface area contributed by atoms with Crippen molar-refractivity contribution >= 4 is 5.91 Å². The monoisotopic (exact) mass is 333 g/mol. The van der Waals surface area contributed by atoms with E-state index < -0.39 is 0 Å². The molecule has 3 fully saturated rings. The highest BCUT2D eigenvalue weighted by Gasteiger charge is 2.35. The number of aliphatic hydroxyl groups excluding tert-OH is 1. The lowest BCUT2D eigenvalue weighted by Crippen LogP contribution is -2.35. The normalized spacial score (nSPS) is 32.1. The Balaban J connectivity index is 1.35. The minimum absolute atomic E-state index is 0.00880. The molecule has 1 saturated carbocycles. The van der Waals surface area contributed by atoms with Crippen molar-refractivity contribution in [2.24, 2.45) is 11.8 Å².